The molecule has 1 aliphatic heterocycles. The van der Waals surface area contributed by atoms with Crippen LogP contribution in [0.15, 0.2) is 12.2 Å². The minimum Gasteiger partial charge on any atom is -0.351 e. The Hall–Kier alpha value is -0.950. The van der Waals surface area contributed by atoms with Crippen molar-refractivity contribution in [3.63, 3.8) is 0 Å². The van der Waals surface area contributed by atoms with Gasteiger partial charge in [-0.3, -0.25) is 4.79 Å². The van der Waals surface area contributed by atoms with Crippen LogP contribution in [0.2, 0.25) is 0 Å². The molecule has 2 atom stereocenters. The van der Waals surface area contributed by atoms with Crippen molar-refractivity contribution in [1.29, 1.82) is 0 Å². The molecule has 0 aromatic heterocycles. The van der Waals surface area contributed by atoms with E-state index in [1.54, 1.807) is 5.06 Å². The van der Waals surface area contributed by atoms with Crippen LogP contribution in [0.25, 0.3) is 0 Å². The summed E-state index contributed by atoms with van der Waals surface area (Å²) in [5.74, 6) is 0.462. The molecular weight excluding hydrogens is 270 g/mol. The van der Waals surface area contributed by atoms with E-state index in [1.807, 2.05) is 14.1 Å². The number of nitrogens with one attached hydrogen (secondary N) is 2. The second-order valence-electron chi connectivity index (χ2n) is 6.03. The Morgan fingerprint density at radius 2 is 2.19 bits per heavy atom. The van der Waals surface area contributed by atoms with Gasteiger partial charge in [-0.1, -0.05) is 20.4 Å². The molecule has 21 heavy (non-hydrogen) atoms. The van der Waals surface area contributed by atoms with Crippen LogP contribution in [-0.2, 0) is 14.7 Å². The van der Waals surface area contributed by atoms with Gasteiger partial charge in [-0.25, -0.2) is 4.89 Å². The van der Waals surface area contributed by atoms with E-state index in [9.17, 15) is 4.79 Å². The number of rotatable bonds is 8. The molecule has 0 aromatic rings. The van der Waals surface area contributed by atoms with E-state index >= 15 is 0 Å². The third-order valence-electron chi connectivity index (χ3n) is 3.58. The molecule has 1 rings (SSSR count). The normalized spacial score (nSPS) is 23.3. The molecule has 1 fully saturated rings. The molecule has 1 aliphatic rings. The molecule has 0 bridgehead atoms. The van der Waals surface area contributed by atoms with E-state index < -0.39 is 0 Å². The SMILES string of the molecule is C=C(CCNC)C(=O)NCC1CC(CC(C)C)OON1C. The van der Waals surface area contributed by atoms with Gasteiger partial charge in [-0.2, -0.15) is 5.06 Å². The number of amides is 1. The van der Waals surface area contributed by atoms with Crippen LogP contribution in [0.3, 0.4) is 0 Å². The minimum atomic E-state index is -0.0921. The standard InChI is InChI=1S/C15H29N3O3/c1-11(2)8-14-9-13(18(5)21-20-14)10-17-15(19)12(3)6-7-16-4/h11,13-14,16H,3,6-10H2,1-2,4-5H3,(H,17,19). The monoisotopic (exact) mass is 299 g/mol. The summed E-state index contributed by atoms with van der Waals surface area (Å²) >= 11 is 0. The van der Waals surface area contributed by atoms with Crippen molar-refractivity contribution in [2.45, 2.75) is 45.3 Å². The van der Waals surface area contributed by atoms with Gasteiger partial charge in [0.25, 0.3) is 0 Å². The highest BCUT2D eigenvalue weighted by atomic mass is 17.3. The van der Waals surface area contributed by atoms with E-state index in [2.05, 4.69) is 31.1 Å². The lowest BCUT2D eigenvalue weighted by Gasteiger charge is -2.35. The zero-order valence-electron chi connectivity index (χ0n) is 13.6. The highest BCUT2D eigenvalue weighted by Gasteiger charge is 2.29. The first kappa shape index (κ1) is 18.1. The Morgan fingerprint density at radius 3 is 2.81 bits per heavy atom. The first-order chi connectivity index (χ1) is 9.93. The Labute approximate surface area is 127 Å². The van der Waals surface area contributed by atoms with E-state index in [1.165, 1.54) is 0 Å². The number of likely N-dealkylation sites (N-methyl/N-ethyl adjacent to an activating group) is 1. The lowest BCUT2D eigenvalue weighted by Crippen LogP contribution is -2.48. The molecule has 1 amide bonds. The number of carbonyl (C=O) groups excluding carboxylic acids is 1. The van der Waals surface area contributed by atoms with Crippen LogP contribution in [0.4, 0.5) is 0 Å². The molecule has 2 N–H and O–H groups in total. The fraction of sp³-hybridized carbons (Fsp3) is 0.800. The maximum Gasteiger partial charge on any atom is 0.246 e. The molecular formula is C15H29N3O3. The summed E-state index contributed by atoms with van der Waals surface area (Å²) in [6.45, 7) is 9.41. The lowest BCUT2D eigenvalue weighted by atomic mass is 9.99. The van der Waals surface area contributed by atoms with Crippen LogP contribution in [0, 0.1) is 5.92 Å². The van der Waals surface area contributed by atoms with E-state index in [0.717, 1.165) is 19.4 Å². The summed E-state index contributed by atoms with van der Waals surface area (Å²) < 4.78 is 0. The van der Waals surface area contributed by atoms with Crippen LogP contribution in [0.5, 0.6) is 0 Å². The zero-order valence-corrected chi connectivity index (χ0v) is 13.6. The van der Waals surface area contributed by atoms with Crippen LogP contribution < -0.4 is 10.6 Å². The molecule has 0 aromatic carbocycles. The highest BCUT2D eigenvalue weighted by Crippen LogP contribution is 2.21. The summed E-state index contributed by atoms with van der Waals surface area (Å²) in [7, 11) is 3.67. The van der Waals surface area contributed by atoms with Crippen LogP contribution in [-0.4, -0.2) is 50.3 Å². The van der Waals surface area contributed by atoms with Crippen molar-refractivity contribution in [1.82, 2.24) is 15.7 Å². The van der Waals surface area contributed by atoms with Gasteiger partial charge in [0.1, 0.15) is 0 Å². The molecule has 6 nitrogen and oxygen atoms in total. The van der Waals surface area contributed by atoms with Crippen molar-refractivity contribution in [3.8, 4) is 0 Å². The molecule has 0 saturated carbocycles. The predicted octanol–water partition coefficient (Wildman–Crippen LogP) is 1.25. The van der Waals surface area contributed by atoms with Gasteiger partial charge in [0.2, 0.25) is 5.91 Å². The quantitative estimate of drug-likeness (QED) is 0.522. The second-order valence-corrected chi connectivity index (χ2v) is 6.03. The summed E-state index contributed by atoms with van der Waals surface area (Å²) in [6.07, 6.45) is 2.53. The lowest BCUT2D eigenvalue weighted by molar-refractivity contribution is -0.473. The molecule has 6 heteroatoms. The molecule has 1 heterocycles. The van der Waals surface area contributed by atoms with Crippen molar-refractivity contribution in [2.75, 3.05) is 27.2 Å². The van der Waals surface area contributed by atoms with Crippen molar-refractivity contribution < 1.29 is 14.7 Å². The van der Waals surface area contributed by atoms with Crippen LogP contribution >= 0.6 is 0 Å². The average Bonchev–Trinajstić information content (AvgIpc) is 2.44. The number of carbonyl (C=O) groups is 1. The molecule has 0 aliphatic carbocycles. The Kier molecular flexibility index (Phi) is 7.88. The van der Waals surface area contributed by atoms with Crippen molar-refractivity contribution >= 4 is 5.91 Å². The number of hydrogen-bond donors (Lipinski definition) is 2. The Balaban J connectivity index is 2.37. The molecule has 2 unspecified atom stereocenters. The summed E-state index contributed by atoms with van der Waals surface area (Å²) in [5, 5.41) is 7.59. The first-order valence-corrected chi connectivity index (χ1v) is 7.60. The Bertz CT molecular complexity index is 347. The molecule has 0 spiro atoms. The summed E-state index contributed by atoms with van der Waals surface area (Å²) in [4.78, 5) is 22.5. The fourth-order valence-corrected chi connectivity index (χ4v) is 2.28. The summed E-state index contributed by atoms with van der Waals surface area (Å²) in [5.41, 5.74) is 0.596. The predicted molar refractivity (Wildman–Crippen MR) is 82.3 cm³/mol. The number of nitrogens with zero attached hydrogens (tertiary/aromatic N) is 1. The van der Waals surface area contributed by atoms with Crippen molar-refractivity contribution in [3.05, 3.63) is 12.2 Å². The zero-order chi connectivity index (χ0) is 15.8. The van der Waals surface area contributed by atoms with Gasteiger partial charge in [0.15, 0.2) is 0 Å². The highest BCUT2D eigenvalue weighted by molar-refractivity contribution is 5.92. The number of hydrogen-bond acceptors (Lipinski definition) is 5. The van der Waals surface area contributed by atoms with E-state index in [0.29, 0.717) is 24.5 Å². The molecule has 0 radical (unpaired) electrons. The van der Waals surface area contributed by atoms with Gasteiger partial charge in [-0.15, -0.1) is 4.99 Å². The molecule has 1 saturated heterocycles. The number of hydroxylamine groups is 2. The smallest absolute Gasteiger partial charge is 0.246 e. The summed E-state index contributed by atoms with van der Waals surface area (Å²) in [6, 6.07) is 0.114. The van der Waals surface area contributed by atoms with E-state index in [-0.39, 0.29) is 18.1 Å². The van der Waals surface area contributed by atoms with Gasteiger partial charge in [0.05, 0.1) is 12.1 Å². The van der Waals surface area contributed by atoms with Gasteiger partial charge in [-0.05, 0) is 38.8 Å². The Morgan fingerprint density at radius 1 is 1.48 bits per heavy atom. The maximum atomic E-state index is 11.9. The third-order valence-corrected chi connectivity index (χ3v) is 3.58. The maximum absolute atomic E-state index is 11.9. The second kappa shape index (κ2) is 9.15. The van der Waals surface area contributed by atoms with Gasteiger partial charge >= 0.3 is 0 Å². The topological polar surface area (TPSA) is 62.8 Å². The van der Waals surface area contributed by atoms with E-state index in [4.69, 9.17) is 9.88 Å². The average molecular weight is 299 g/mol. The largest absolute Gasteiger partial charge is 0.351 e. The van der Waals surface area contributed by atoms with Crippen LogP contribution in [0.1, 0.15) is 33.1 Å². The third kappa shape index (κ3) is 6.56. The minimum absolute atomic E-state index is 0.0793. The van der Waals surface area contributed by atoms with Gasteiger partial charge < -0.3 is 10.6 Å². The van der Waals surface area contributed by atoms with Crippen molar-refractivity contribution in [2.24, 2.45) is 5.92 Å². The molecule has 122 valence electrons. The van der Waals surface area contributed by atoms with Gasteiger partial charge in [0, 0.05) is 19.2 Å². The first-order valence-electron chi connectivity index (χ1n) is 7.60. The fourth-order valence-electron chi connectivity index (χ4n) is 2.28.